The highest BCUT2D eigenvalue weighted by atomic mass is 35.5. The Morgan fingerprint density at radius 1 is 1.19 bits per heavy atom. The van der Waals surface area contributed by atoms with Crippen LogP contribution in [0.5, 0.6) is 5.75 Å². The van der Waals surface area contributed by atoms with Gasteiger partial charge in [-0.3, -0.25) is 0 Å². The number of fused-ring (bicyclic) bond motifs is 3. The Balaban J connectivity index is 2.10. The van der Waals surface area contributed by atoms with E-state index in [1.54, 1.807) is 27.5 Å². The summed E-state index contributed by atoms with van der Waals surface area (Å²) >= 11 is 11.8. The van der Waals surface area contributed by atoms with Gasteiger partial charge in [0.25, 0.3) is 0 Å². The predicted molar refractivity (Wildman–Crippen MR) is 104 cm³/mol. The van der Waals surface area contributed by atoms with Crippen molar-refractivity contribution in [2.45, 2.75) is 19.9 Å². The largest absolute Gasteiger partial charge is 0.422 e. The molecule has 1 aliphatic rings. The van der Waals surface area contributed by atoms with E-state index in [2.05, 4.69) is 0 Å². The maximum Gasteiger partial charge on any atom is 0.396 e. The Hall–Kier alpha value is -1.04. The Kier molecular flexibility index (Phi) is 6.31. The summed E-state index contributed by atoms with van der Waals surface area (Å²) in [4.78, 5) is 11.7. The third-order valence-corrected chi connectivity index (χ3v) is 7.23. The van der Waals surface area contributed by atoms with Gasteiger partial charge in [0, 0.05) is 49.4 Å². The minimum atomic E-state index is -3.33. The summed E-state index contributed by atoms with van der Waals surface area (Å²) in [7, 11) is -3.33. The second kappa shape index (κ2) is 8.32. The lowest BCUT2D eigenvalue weighted by Gasteiger charge is -2.41. The minimum absolute atomic E-state index is 0.323. The van der Waals surface area contributed by atoms with Crippen LogP contribution in [0.15, 0.2) is 33.5 Å². The second-order valence-electron chi connectivity index (χ2n) is 6.02. The molecule has 6 nitrogen and oxygen atoms in total. The molecule has 1 aromatic heterocycles. The topological polar surface area (TPSA) is 63.0 Å². The van der Waals surface area contributed by atoms with Crippen LogP contribution in [0, 0.1) is 0 Å². The van der Waals surface area contributed by atoms with Crippen molar-refractivity contribution in [3.8, 4) is 5.75 Å². The lowest BCUT2D eigenvalue weighted by molar-refractivity contribution is 0.259. The molecule has 2 heterocycles. The summed E-state index contributed by atoms with van der Waals surface area (Å²) in [5, 5.41) is 0.804. The highest BCUT2D eigenvalue weighted by molar-refractivity contribution is 7.54. The summed E-state index contributed by atoms with van der Waals surface area (Å²) < 4.78 is 28.8. The van der Waals surface area contributed by atoms with E-state index in [0.717, 1.165) is 17.4 Å². The van der Waals surface area contributed by atoms with E-state index < -0.39 is 13.3 Å². The molecule has 0 spiro atoms. The van der Waals surface area contributed by atoms with Crippen molar-refractivity contribution < 1.29 is 13.5 Å². The maximum absolute atomic E-state index is 13.8. The standard InChI is InChI=1S/C17H21Cl2N2O4P/c1-2-9-21-12-14-15(5-3-13-4-6-16(22)24-17(13)14)25-26(21,23)20(10-7-18)11-8-19/h3-6H,2,7-12H2,1H3. The van der Waals surface area contributed by atoms with Crippen LogP contribution in [0.1, 0.15) is 18.9 Å². The third-order valence-electron chi connectivity index (χ3n) is 4.29. The predicted octanol–water partition coefficient (Wildman–Crippen LogP) is 4.29. The van der Waals surface area contributed by atoms with Gasteiger partial charge in [0.05, 0.1) is 5.56 Å². The molecule has 1 aromatic carbocycles. The highest BCUT2D eigenvalue weighted by Crippen LogP contribution is 2.59. The third kappa shape index (κ3) is 3.67. The van der Waals surface area contributed by atoms with Crippen LogP contribution in [0.4, 0.5) is 0 Å². The van der Waals surface area contributed by atoms with Crippen LogP contribution in [0.25, 0.3) is 11.0 Å². The number of hydrogen-bond acceptors (Lipinski definition) is 4. The first-order valence-corrected chi connectivity index (χ1v) is 11.1. The molecule has 26 heavy (non-hydrogen) atoms. The molecule has 0 saturated heterocycles. The van der Waals surface area contributed by atoms with Crippen LogP contribution in [0.3, 0.4) is 0 Å². The van der Waals surface area contributed by atoms with Crippen molar-refractivity contribution in [2.24, 2.45) is 0 Å². The van der Waals surface area contributed by atoms with E-state index in [1.165, 1.54) is 6.07 Å². The summed E-state index contributed by atoms with van der Waals surface area (Å²) in [5.41, 5.74) is 0.785. The smallest absolute Gasteiger partial charge is 0.396 e. The molecule has 0 saturated carbocycles. The van der Waals surface area contributed by atoms with Crippen molar-refractivity contribution >= 4 is 41.8 Å². The summed E-state index contributed by atoms with van der Waals surface area (Å²) in [5.74, 6) is 1.12. The molecule has 0 aliphatic carbocycles. The van der Waals surface area contributed by atoms with Crippen molar-refractivity contribution in [1.29, 1.82) is 0 Å². The summed E-state index contributed by atoms with van der Waals surface area (Å²) in [6.45, 7) is 3.76. The molecular weight excluding hydrogens is 398 g/mol. The Bertz CT molecular complexity index is 883. The zero-order valence-electron chi connectivity index (χ0n) is 14.5. The molecule has 3 rings (SSSR count). The van der Waals surface area contributed by atoms with Gasteiger partial charge < -0.3 is 8.94 Å². The molecule has 1 atom stereocenters. The van der Waals surface area contributed by atoms with Crippen molar-refractivity contribution in [3.05, 3.63) is 40.2 Å². The molecule has 1 aliphatic heterocycles. The zero-order valence-corrected chi connectivity index (χ0v) is 16.9. The Morgan fingerprint density at radius 2 is 1.88 bits per heavy atom. The average Bonchev–Trinajstić information content (AvgIpc) is 2.62. The molecule has 0 amide bonds. The van der Waals surface area contributed by atoms with E-state index in [9.17, 15) is 9.36 Å². The first-order chi connectivity index (χ1) is 12.5. The quantitative estimate of drug-likeness (QED) is 0.379. The second-order valence-corrected chi connectivity index (χ2v) is 9.07. The number of nitrogens with zero attached hydrogens (tertiary/aromatic N) is 2. The van der Waals surface area contributed by atoms with Gasteiger partial charge in [-0.25, -0.2) is 18.7 Å². The minimum Gasteiger partial charge on any atom is -0.422 e. The van der Waals surface area contributed by atoms with Gasteiger partial charge in [-0.05, 0) is 24.6 Å². The number of rotatable bonds is 7. The van der Waals surface area contributed by atoms with Crippen LogP contribution in [-0.2, 0) is 11.1 Å². The number of alkyl halides is 2. The lowest BCUT2D eigenvalue weighted by Crippen LogP contribution is -2.39. The van der Waals surface area contributed by atoms with Gasteiger partial charge >= 0.3 is 13.3 Å². The van der Waals surface area contributed by atoms with Crippen LogP contribution in [-0.4, -0.2) is 40.7 Å². The highest BCUT2D eigenvalue weighted by Gasteiger charge is 2.43. The average molecular weight is 419 g/mol. The van der Waals surface area contributed by atoms with Gasteiger partial charge in [-0.1, -0.05) is 6.92 Å². The van der Waals surface area contributed by atoms with Gasteiger partial charge in [-0.15, -0.1) is 23.2 Å². The summed E-state index contributed by atoms with van der Waals surface area (Å²) in [6, 6.07) is 6.67. The van der Waals surface area contributed by atoms with E-state index in [0.29, 0.717) is 49.3 Å². The SMILES string of the molecule is CCCN1Cc2c(ccc3ccc(=O)oc23)OP1(=O)N(CCCl)CCCl. The molecule has 0 bridgehead atoms. The van der Waals surface area contributed by atoms with E-state index >= 15 is 0 Å². The van der Waals surface area contributed by atoms with E-state index in [-0.39, 0.29) is 0 Å². The normalized spacial score (nSPS) is 20.3. The summed E-state index contributed by atoms with van der Waals surface area (Å²) in [6.07, 6.45) is 0.799. The molecule has 1 unspecified atom stereocenters. The molecule has 0 fully saturated rings. The number of hydrogen-bond donors (Lipinski definition) is 0. The molecule has 2 aromatic rings. The molecular formula is C17H21Cl2N2O4P. The molecule has 0 N–H and O–H groups in total. The van der Waals surface area contributed by atoms with Crippen molar-refractivity contribution in [3.63, 3.8) is 0 Å². The Labute approximate surface area is 162 Å². The number of halogens is 2. The number of benzene rings is 1. The zero-order chi connectivity index (χ0) is 18.7. The van der Waals surface area contributed by atoms with Crippen LogP contribution in [0.2, 0.25) is 0 Å². The van der Waals surface area contributed by atoms with Gasteiger partial charge in [-0.2, -0.15) is 0 Å². The molecule has 0 radical (unpaired) electrons. The van der Waals surface area contributed by atoms with E-state index in [1.807, 2.05) is 6.92 Å². The Morgan fingerprint density at radius 3 is 2.54 bits per heavy atom. The van der Waals surface area contributed by atoms with E-state index in [4.69, 9.17) is 32.1 Å². The van der Waals surface area contributed by atoms with Crippen LogP contribution < -0.4 is 10.1 Å². The molecule has 9 heteroatoms. The maximum atomic E-state index is 13.8. The van der Waals surface area contributed by atoms with Crippen molar-refractivity contribution in [1.82, 2.24) is 9.34 Å². The van der Waals surface area contributed by atoms with Crippen LogP contribution >= 0.6 is 30.9 Å². The monoisotopic (exact) mass is 418 g/mol. The fourth-order valence-electron chi connectivity index (χ4n) is 3.12. The van der Waals surface area contributed by atoms with Gasteiger partial charge in [0.1, 0.15) is 11.3 Å². The van der Waals surface area contributed by atoms with Gasteiger partial charge in [0.2, 0.25) is 0 Å². The van der Waals surface area contributed by atoms with Crippen molar-refractivity contribution in [2.75, 3.05) is 31.4 Å². The first kappa shape index (κ1) is 19.7. The fourth-order valence-corrected chi connectivity index (χ4v) is 6.26. The molecule has 142 valence electrons. The first-order valence-electron chi connectivity index (χ1n) is 8.51. The van der Waals surface area contributed by atoms with Gasteiger partial charge in [0.15, 0.2) is 0 Å². The lowest BCUT2D eigenvalue weighted by atomic mass is 10.1. The fraction of sp³-hybridized carbons (Fsp3) is 0.471.